The summed E-state index contributed by atoms with van der Waals surface area (Å²) in [5.74, 6) is -0.398. The fourth-order valence-corrected chi connectivity index (χ4v) is 3.01. The third-order valence-corrected chi connectivity index (χ3v) is 4.23. The average Bonchev–Trinajstić information content (AvgIpc) is 3.01. The predicted molar refractivity (Wildman–Crippen MR) is 84.8 cm³/mol. The maximum Gasteiger partial charge on any atom is 0.239 e. The van der Waals surface area contributed by atoms with Crippen molar-refractivity contribution in [1.82, 2.24) is 10.3 Å². The largest absolute Gasteiger partial charge is 0.368 e. The third kappa shape index (κ3) is 2.94. The molecule has 106 valence electrons. The molecule has 0 bridgehead atoms. The van der Waals surface area contributed by atoms with Gasteiger partial charge >= 0.3 is 0 Å². The van der Waals surface area contributed by atoms with Crippen molar-refractivity contribution in [2.75, 3.05) is 0 Å². The Kier molecular flexibility index (Phi) is 3.94. The second kappa shape index (κ2) is 6.03. The molecule has 1 unspecified atom stereocenters. The number of hydrogen-bond donors (Lipinski definition) is 2. The van der Waals surface area contributed by atoms with Gasteiger partial charge in [0.25, 0.3) is 0 Å². The highest BCUT2D eigenvalue weighted by Gasteiger charge is 2.20. The summed E-state index contributed by atoms with van der Waals surface area (Å²) in [6.07, 6.45) is 3.50. The molecule has 0 aliphatic rings. The standard InChI is InChI=1S/C16H15N3OS/c17-16(20)15(19-9-12-5-3-7-21-12)14-10-18-8-11-4-1-2-6-13(11)14/h1-8,10,15,19H,9H2,(H2,17,20). The topological polar surface area (TPSA) is 68.0 Å². The Labute approximate surface area is 126 Å². The van der Waals surface area contributed by atoms with Crippen LogP contribution in [0, 0.1) is 0 Å². The summed E-state index contributed by atoms with van der Waals surface area (Å²) in [7, 11) is 0. The van der Waals surface area contributed by atoms with E-state index in [4.69, 9.17) is 5.73 Å². The molecule has 0 saturated carbocycles. The lowest BCUT2D eigenvalue weighted by molar-refractivity contribution is -0.120. The molecule has 0 saturated heterocycles. The van der Waals surface area contributed by atoms with Gasteiger partial charge < -0.3 is 5.73 Å². The number of hydrogen-bond acceptors (Lipinski definition) is 4. The number of thiophene rings is 1. The highest BCUT2D eigenvalue weighted by atomic mass is 32.1. The van der Waals surface area contributed by atoms with E-state index in [0.29, 0.717) is 6.54 Å². The zero-order valence-electron chi connectivity index (χ0n) is 11.3. The lowest BCUT2D eigenvalue weighted by Crippen LogP contribution is -2.33. The summed E-state index contributed by atoms with van der Waals surface area (Å²) < 4.78 is 0. The van der Waals surface area contributed by atoms with Gasteiger partial charge in [-0.25, -0.2) is 0 Å². The van der Waals surface area contributed by atoms with E-state index in [1.165, 1.54) is 0 Å². The van der Waals surface area contributed by atoms with Crippen molar-refractivity contribution < 1.29 is 4.79 Å². The van der Waals surface area contributed by atoms with E-state index in [9.17, 15) is 4.79 Å². The molecule has 2 aromatic heterocycles. The van der Waals surface area contributed by atoms with Crippen molar-refractivity contribution in [3.63, 3.8) is 0 Å². The molecule has 3 rings (SSSR count). The second-order valence-electron chi connectivity index (χ2n) is 4.75. The summed E-state index contributed by atoms with van der Waals surface area (Å²) >= 11 is 1.65. The molecule has 0 spiro atoms. The van der Waals surface area contributed by atoms with E-state index in [1.807, 2.05) is 41.8 Å². The molecule has 1 amide bonds. The predicted octanol–water partition coefficient (Wildman–Crippen LogP) is 2.61. The quantitative estimate of drug-likeness (QED) is 0.760. The van der Waals surface area contributed by atoms with Crippen molar-refractivity contribution in [2.45, 2.75) is 12.6 Å². The first-order chi connectivity index (χ1) is 10.3. The summed E-state index contributed by atoms with van der Waals surface area (Å²) in [4.78, 5) is 17.2. The molecule has 3 N–H and O–H groups in total. The van der Waals surface area contributed by atoms with Crippen LogP contribution in [0.1, 0.15) is 16.5 Å². The van der Waals surface area contributed by atoms with E-state index in [0.717, 1.165) is 21.2 Å². The summed E-state index contributed by atoms with van der Waals surface area (Å²) in [5, 5.41) is 7.23. The van der Waals surface area contributed by atoms with Gasteiger partial charge in [-0.3, -0.25) is 15.1 Å². The third-order valence-electron chi connectivity index (χ3n) is 3.36. The molecule has 3 aromatic rings. The van der Waals surface area contributed by atoms with Crippen molar-refractivity contribution in [2.24, 2.45) is 5.73 Å². The van der Waals surface area contributed by atoms with Crippen LogP contribution in [0.2, 0.25) is 0 Å². The number of fused-ring (bicyclic) bond motifs is 1. The van der Waals surface area contributed by atoms with E-state index >= 15 is 0 Å². The van der Waals surface area contributed by atoms with E-state index < -0.39 is 11.9 Å². The fourth-order valence-electron chi connectivity index (χ4n) is 2.35. The number of primary amides is 1. The molecular formula is C16H15N3OS. The fraction of sp³-hybridized carbons (Fsp3) is 0.125. The number of nitrogens with one attached hydrogen (secondary N) is 1. The molecule has 0 aliphatic heterocycles. The Morgan fingerprint density at radius 1 is 1.24 bits per heavy atom. The lowest BCUT2D eigenvalue weighted by Gasteiger charge is -2.17. The van der Waals surface area contributed by atoms with E-state index in [1.54, 1.807) is 23.7 Å². The molecule has 4 nitrogen and oxygen atoms in total. The smallest absolute Gasteiger partial charge is 0.239 e. The van der Waals surface area contributed by atoms with Gasteiger partial charge in [0.15, 0.2) is 0 Å². The summed E-state index contributed by atoms with van der Waals surface area (Å²) in [6.45, 7) is 0.606. The number of carbonyl (C=O) groups is 1. The maximum atomic E-state index is 11.8. The molecule has 21 heavy (non-hydrogen) atoms. The highest BCUT2D eigenvalue weighted by Crippen LogP contribution is 2.23. The number of carbonyl (C=O) groups excluding carboxylic acids is 1. The lowest BCUT2D eigenvalue weighted by atomic mass is 10.0. The van der Waals surface area contributed by atoms with Gasteiger partial charge in [0.05, 0.1) is 0 Å². The van der Waals surface area contributed by atoms with Crippen LogP contribution in [0.4, 0.5) is 0 Å². The minimum absolute atomic E-state index is 0.398. The van der Waals surface area contributed by atoms with Crippen LogP contribution < -0.4 is 11.1 Å². The van der Waals surface area contributed by atoms with Crippen LogP contribution in [0.15, 0.2) is 54.2 Å². The molecule has 0 aliphatic carbocycles. The number of nitrogens with two attached hydrogens (primary N) is 1. The monoisotopic (exact) mass is 297 g/mol. The van der Waals surface area contributed by atoms with Gasteiger partial charge in [-0.1, -0.05) is 30.3 Å². The minimum atomic E-state index is -0.550. The SMILES string of the molecule is NC(=O)C(NCc1cccs1)c1cncc2ccccc12. The van der Waals surface area contributed by atoms with Gasteiger partial charge in [0.1, 0.15) is 6.04 Å². The molecule has 0 fully saturated rings. The van der Waals surface area contributed by atoms with E-state index in [-0.39, 0.29) is 0 Å². The number of amides is 1. The van der Waals surface area contributed by atoms with Crippen LogP contribution in [0.5, 0.6) is 0 Å². The number of rotatable bonds is 5. The summed E-state index contributed by atoms with van der Waals surface area (Å²) in [5.41, 5.74) is 6.39. The number of aromatic nitrogens is 1. The Hall–Kier alpha value is -2.24. The Morgan fingerprint density at radius 2 is 2.10 bits per heavy atom. The number of nitrogens with zero attached hydrogens (tertiary/aromatic N) is 1. The molecule has 2 heterocycles. The average molecular weight is 297 g/mol. The first-order valence-electron chi connectivity index (χ1n) is 6.63. The van der Waals surface area contributed by atoms with Gasteiger partial charge in [-0.05, 0) is 16.8 Å². The molecule has 1 atom stereocenters. The van der Waals surface area contributed by atoms with E-state index in [2.05, 4.69) is 10.3 Å². The van der Waals surface area contributed by atoms with Crippen LogP contribution in [0.3, 0.4) is 0 Å². The van der Waals surface area contributed by atoms with Crippen LogP contribution in [-0.2, 0) is 11.3 Å². The van der Waals surface area contributed by atoms with Crippen molar-refractivity contribution >= 4 is 28.0 Å². The van der Waals surface area contributed by atoms with Gasteiger partial charge in [-0.2, -0.15) is 0 Å². The van der Waals surface area contributed by atoms with Crippen LogP contribution in [0.25, 0.3) is 10.8 Å². The molecule has 1 aromatic carbocycles. The highest BCUT2D eigenvalue weighted by molar-refractivity contribution is 7.09. The van der Waals surface area contributed by atoms with Crippen LogP contribution >= 0.6 is 11.3 Å². The first-order valence-corrected chi connectivity index (χ1v) is 7.51. The van der Waals surface area contributed by atoms with Gasteiger partial charge in [0.2, 0.25) is 5.91 Å². The van der Waals surface area contributed by atoms with Crippen molar-refractivity contribution in [3.8, 4) is 0 Å². The molecule has 5 heteroatoms. The minimum Gasteiger partial charge on any atom is -0.368 e. The molecular weight excluding hydrogens is 282 g/mol. The Bertz CT molecular complexity index is 750. The van der Waals surface area contributed by atoms with Crippen molar-refractivity contribution in [1.29, 1.82) is 0 Å². The number of benzene rings is 1. The normalized spacial score (nSPS) is 12.4. The second-order valence-corrected chi connectivity index (χ2v) is 5.78. The zero-order chi connectivity index (χ0) is 14.7. The van der Waals surface area contributed by atoms with Gasteiger partial charge in [0, 0.05) is 34.8 Å². The van der Waals surface area contributed by atoms with Crippen LogP contribution in [-0.4, -0.2) is 10.9 Å². The van der Waals surface area contributed by atoms with Crippen molar-refractivity contribution in [3.05, 3.63) is 64.6 Å². The Balaban J connectivity index is 1.94. The van der Waals surface area contributed by atoms with Gasteiger partial charge in [-0.15, -0.1) is 11.3 Å². The molecule has 0 radical (unpaired) electrons. The maximum absolute atomic E-state index is 11.8. The Morgan fingerprint density at radius 3 is 2.86 bits per heavy atom. The zero-order valence-corrected chi connectivity index (χ0v) is 12.1. The summed E-state index contributed by atoms with van der Waals surface area (Å²) in [6, 6.07) is 11.3. The number of pyridine rings is 1. The first kappa shape index (κ1) is 13.7.